The molecule has 1 heterocycles. The Morgan fingerprint density at radius 1 is 1.08 bits per heavy atom. The van der Waals surface area contributed by atoms with Gasteiger partial charge >= 0.3 is 0 Å². The highest BCUT2D eigenvalue weighted by Crippen LogP contribution is 2.29. The van der Waals surface area contributed by atoms with Crippen molar-refractivity contribution in [1.29, 1.82) is 0 Å². The summed E-state index contributed by atoms with van der Waals surface area (Å²) < 4.78 is 5.71. The summed E-state index contributed by atoms with van der Waals surface area (Å²) in [5.74, 6) is 0.639. The first-order chi connectivity index (χ1) is 12.7. The van der Waals surface area contributed by atoms with E-state index in [0.717, 1.165) is 15.6 Å². The summed E-state index contributed by atoms with van der Waals surface area (Å²) in [7, 11) is 0. The third-order valence-electron chi connectivity index (χ3n) is 3.29. The molecule has 0 radical (unpaired) electrons. The van der Waals surface area contributed by atoms with Crippen molar-refractivity contribution in [2.24, 2.45) is 5.10 Å². The molecule has 0 aliphatic heterocycles. The number of hydrazone groups is 1. The second-order valence-corrected chi connectivity index (χ2v) is 7.17. The average Bonchev–Trinajstić information content (AvgIpc) is 3.10. The number of nitrogens with zero attached hydrogens (tertiary/aromatic N) is 1. The molecule has 1 aromatic heterocycles. The van der Waals surface area contributed by atoms with Crippen molar-refractivity contribution >= 4 is 46.9 Å². The Morgan fingerprint density at radius 3 is 2.62 bits per heavy atom. The van der Waals surface area contributed by atoms with Crippen LogP contribution in [0, 0.1) is 0 Å². The molecule has 0 saturated heterocycles. The van der Waals surface area contributed by atoms with Gasteiger partial charge in [-0.05, 0) is 54.2 Å². The third kappa shape index (κ3) is 5.91. The molecule has 0 saturated carbocycles. The molecule has 7 heteroatoms. The van der Waals surface area contributed by atoms with Crippen molar-refractivity contribution < 1.29 is 4.42 Å². The van der Waals surface area contributed by atoms with Crippen LogP contribution in [-0.4, -0.2) is 11.3 Å². The van der Waals surface area contributed by atoms with Crippen molar-refractivity contribution in [3.63, 3.8) is 0 Å². The molecule has 3 aromatic rings. The first-order valence-electron chi connectivity index (χ1n) is 7.83. The predicted octanol–water partition coefficient (Wildman–Crippen LogP) is 5.08. The molecule has 0 amide bonds. The van der Waals surface area contributed by atoms with E-state index in [2.05, 4.69) is 15.8 Å². The highest BCUT2D eigenvalue weighted by Gasteiger charge is 2.03. The number of benzene rings is 2. The first-order valence-corrected chi connectivity index (χ1v) is 9.43. The molecule has 26 heavy (non-hydrogen) atoms. The van der Waals surface area contributed by atoms with Gasteiger partial charge < -0.3 is 9.73 Å². The molecule has 132 valence electrons. The van der Waals surface area contributed by atoms with E-state index in [1.165, 1.54) is 11.8 Å². The number of hydrogen-bond acceptors (Lipinski definition) is 4. The topological polar surface area (TPSA) is 49.6 Å². The molecular weight excluding hydrogens is 386 g/mol. The van der Waals surface area contributed by atoms with E-state index in [-0.39, 0.29) is 0 Å². The molecule has 0 fully saturated rings. The van der Waals surface area contributed by atoms with Gasteiger partial charge in [0.2, 0.25) is 0 Å². The van der Waals surface area contributed by atoms with Gasteiger partial charge in [0, 0.05) is 16.5 Å². The van der Waals surface area contributed by atoms with Crippen LogP contribution in [0.2, 0.25) is 5.02 Å². The van der Waals surface area contributed by atoms with Crippen LogP contribution in [-0.2, 0) is 6.54 Å². The van der Waals surface area contributed by atoms with Crippen LogP contribution in [0.15, 0.2) is 86.2 Å². The molecule has 0 unspecified atom stereocenters. The Balaban J connectivity index is 1.46. The maximum absolute atomic E-state index is 5.89. The molecular formula is C19H16ClN3OS2. The lowest BCUT2D eigenvalue weighted by atomic mass is 10.2. The Morgan fingerprint density at radius 2 is 1.85 bits per heavy atom. The maximum Gasteiger partial charge on any atom is 0.187 e. The summed E-state index contributed by atoms with van der Waals surface area (Å²) in [6.45, 7) is 0.644. The van der Waals surface area contributed by atoms with Crippen LogP contribution in [0.3, 0.4) is 0 Å². The number of nitrogens with one attached hydrogen (secondary N) is 2. The van der Waals surface area contributed by atoms with Gasteiger partial charge in [-0.1, -0.05) is 53.7 Å². The van der Waals surface area contributed by atoms with Crippen LogP contribution in [0.25, 0.3) is 0 Å². The quantitative estimate of drug-likeness (QED) is 0.342. The summed E-state index contributed by atoms with van der Waals surface area (Å²) in [4.78, 5) is 1.05. The van der Waals surface area contributed by atoms with Gasteiger partial charge in [0.25, 0.3) is 0 Å². The van der Waals surface area contributed by atoms with Crippen LogP contribution in [0.1, 0.15) is 11.3 Å². The van der Waals surface area contributed by atoms with Gasteiger partial charge in [0.05, 0.1) is 6.21 Å². The molecule has 2 aromatic carbocycles. The van der Waals surface area contributed by atoms with Crippen molar-refractivity contribution in [2.75, 3.05) is 0 Å². The van der Waals surface area contributed by atoms with Crippen LogP contribution >= 0.6 is 35.6 Å². The zero-order valence-corrected chi connectivity index (χ0v) is 16.1. The third-order valence-corrected chi connectivity index (χ3v) is 4.70. The number of furan rings is 1. The van der Waals surface area contributed by atoms with Gasteiger partial charge in [-0.25, -0.2) is 0 Å². The number of halogens is 1. The number of hydrogen-bond donors (Lipinski definition) is 2. The molecule has 3 rings (SSSR count). The Bertz CT molecular complexity index is 879. The SMILES string of the molecule is S=C(NCc1ccccc1)N/N=C/c1ccc(Sc2ccc(Cl)cc2)o1. The zero-order chi connectivity index (χ0) is 18.2. The minimum absolute atomic E-state index is 0.451. The summed E-state index contributed by atoms with van der Waals surface area (Å²) in [6.07, 6.45) is 1.59. The van der Waals surface area contributed by atoms with E-state index in [1.807, 2.05) is 66.7 Å². The fraction of sp³-hybridized carbons (Fsp3) is 0.0526. The molecule has 0 atom stereocenters. The Hall–Kier alpha value is -2.28. The van der Waals surface area contributed by atoms with E-state index in [4.69, 9.17) is 28.2 Å². The highest BCUT2D eigenvalue weighted by atomic mass is 35.5. The molecule has 4 nitrogen and oxygen atoms in total. The Kier molecular flexibility index (Phi) is 6.71. The minimum atomic E-state index is 0.451. The zero-order valence-electron chi connectivity index (χ0n) is 13.7. The van der Waals surface area contributed by atoms with Crippen molar-refractivity contribution in [2.45, 2.75) is 16.5 Å². The van der Waals surface area contributed by atoms with Crippen LogP contribution in [0.4, 0.5) is 0 Å². The molecule has 2 N–H and O–H groups in total. The van der Waals surface area contributed by atoms with E-state index < -0.39 is 0 Å². The van der Waals surface area contributed by atoms with Gasteiger partial charge in [-0.2, -0.15) is 5.10 Å². The van der Waals surface area contributed by atoms with Gasteiger partial charge in [0.1, 0.15) is 5.76 Å². The van der Waals surface area contributed by atoms with E-state index in [1.54, 1.807) is 6.21 Å². The summed E-state index contributed by atoms with van der Waals surface area (Å²) >= 11 is 12.6. The minimum Gasteiger partial charge on any atom is -0.448 e. The van der Waals surface area contributed by atoms with E-state index >= 15 is 0 Å². The predicted molar refractivity (Wildman–Crippen MR) is 111 cm³/mol. The smallest absolute Gasteiger partial charge is 0.187 e. The number of rotatable bonds is 6. The lowest BCUT2D eigenvalue weighted by Crippen LogP contribution is -2.31. The van der Waals surface area contributed by atoms with E-state index in [9.17, 15) is 0 Å². The van der Waals surface area contributed by atoms with Gasteiger partial charge in [-0.15, -0.1) is 0 Å². The lowest BCUT2D eigenvalue weighted by Gasteiger charge is -2.06. The summed E-state index contributed by atoms with van der Waals surface area (Å²) in [6, 6.07) is 21.4. The fourth-order valence-electron chi connectivity index (χ4n) is 2.05. The standard InChI is InChI=1S/C19H16ClN3OS2/c20-15-6-9-17(10-7-15)26-18-11-8-16(24-18)13-22-23-19(25)21-12-14-4-2-1-3-5-14/h1-11,13H,12H2,(H2,21,23,25)/b22-13+. The largest absolute Gasteiger partial charge is 0.448 e. The monoisotopic (exact) mass is 401 g/mol. The fourth-order valence-corrected chi connectivity index (χ4v) is 3.08. The molecule has 0 spiro atoms. The lowest BCUT2D eigenvalue weighted by molar-refractivity contribution is 0.469. The van der Waals surface area contributed by atoms with Gasteiger partial charge in [-0.3, -0.25) is 5.43 Å². The van der Waals surface area contributed by atoms with E-state index in [0.29, 0.717) is 22.4 Å². The molecule has 0 bridgehead atoms. The average molecular weight is 402 g/mol. The Labute approximate surface area is 166 Å². The van der Waals surface area contributed by atoms with Crippen LogP contribution in [0.5, 0.6) is 0 Å². The normalized spacial score (nSPS) is 10.8. The van der Waals surface area contributed by atoms with Crippen LogP contribution < -0.4 is 10.7 Å². The second-order valence-electron chi connectivity index (χ2n) is 5.25. The van der Waals surface area contributed by atoms with Crippen molar-refractivity contribution in [3.8, 4) is 0 Å². The molecule has 0 aliphatic rings. The second kappa shape index (κ2) is 9.43. The van der Waals surface area contributed by atoms with Crippen molar-refractivity contribution in [1.82, 2.24) is 10.7 Å². The number of thiocarbonyl (C=S) groups is 1. The summed E-state index contributed by atoms with van der Waals surface area (Å²) in [5, 5.41) is 9.12. The maximum atomic E-state index is 5.89. The van der Waals surface area contributed by atoms with Crippen molar-refractivity contribution in [3.05, 3.63) is 83.1 Å². The van der Waals surface area contributed by atoms with Gasteiger partial charge in [0.15, 0.2) is 10.2 Å². The first kappa shape index (κ1) is 18.5. The summed E-state index contributed by atoms with van der Waals surface area (Å²) in [5.41, 5.74) is 3.92. The highest BCUT2D eigenvalue weighted by molar-refractivity contribution is 7.99. The molecule has 0 aliphatic carbocycles.